The van der Waals surface area contributed by atoms with Gasteiger partial charge in [-0.2, -0.15) is 5.10 Å². The minimum absolute atomic E-state index is 0.304. The number of aryl methyl sites for hydroxylation is 2. The third kappa shape index (κ3) is 2.65. The van der Waals surface area contributed by atoms with Gasteiger partial charge in [0.25, 0.3) is 0 Å². The van der Waals surface area contributed by atoms with E-state index in [-0.39, 0.29) is 0 Å². The Labute approximate surface area is 116 Å². The topological polar surface area (TPSA) is 38.0 Å². The van der Waals surface area contributed by atoms with Gasteiger partial charge in [0.15, 0.2) is 0 Å². The van der Waals surface area contributed by atoms with Gasteiger partial charge in [0.1, 0.15) is 5.75 Å². The van der Waals surface area contributed by atoms with Crippen molar-refractivity contribution in [3.63, 3.8) is 0 Å². The van der Waals surface area contributed by atoms with Gasteiger partial charge in [0.2, 0.25) is 0 Å². The van der Waals surface area contributed by atoms with Crippen LogP contribution in [0.1, 0.15) is 18.3 Å². The molecule has 1 aromatic heterocycles. The lowest BCUT2D eigenvalue weighted by Crippen LogP contribution is -2.01. The molecule has 2 aromatic rings. The molecule has 0 aliphatic carbocycles. The predicted octanol–water partition coefficient (Wildman–Crippen LogP) is 3.86. The monoisotopic (exact) mass is 282 g/mol. The summed E-state index contributed by atoms with van der Waals surface area (Å²) in [5.41, 5.74) is 1.86. The molecule has 0 unspecified atom stereocenters. The van der Waals surface area contributed by atoms with Crippen LogP contribution in [0, 0.1) is 6.92 Å². The Morgan fingerprint density at radius 2 is 2.11 bits per heavy atom. The van der Waals surface area contributed by atoms with E-state index in [0.29, 0.717) is 11.5 Å². The quantitative estimate of drug-likeness (QED) is 0.865. The number of thioether (sulfide) groups is 1. The van der Waals surface area contributed by atoms with Gasteiger partial charge in [-0.3, -0.25) is 4.68 Å². The summed E-state index contributed by atoms with van der Waals surface area (Å²) in [4.78, 5) is 0.857. The molecule has 96 valence electrons. The zero-order chi connectivity index (χ0) is 13.1. The summed E-state index contributed by atoms with van der Waals surface area (Å²) < 4.78 is 1.91. The second-order valence-corrected chi connectivity index (χ2v) is 5.31. The van der Waals surface area contributed by atoms with Crippen LogP contribution >= 0.6 is 23.4 Å². The molecule has 3 nitrogen and oxygen atoms in total. The molecule has 0 amide bonds. The molecule has 1 N–H and O–H groups in total. The molecule has 5 heteroatoms. The van der Waals surface area contributed by atoms with E-state index in [9.17, 15) is 5.11 Å². The normalized spacial score (nSPS) is 10.8. The average molecular weight is 283 g/mol. The summed E-state index contributed by atoms with van der Waals surface area (Å²) in [7, 11) is 0. The second kappa shape index (κ2) is 5.67. The Hall–Kier alpha value is -1.13. The highest BCUT2D eigenvalue weighted by Crippen LogP contribution is 2.33. The van der Waals surface area contributed by atoms with Crippen molar-refractivity contribution in [2.45, 2.75) is 31.0 Å². The van der Waals surface area contributed by atoms with E-state index in [1.54, 1.807) is 17.8 Å². The highest BCUT2D eigenvalue weighted by Gasteiger charge is 2.13. The van der Waals surface area contributed by atoms with Crippen LogP contribution in [0.2, 0.25) is 5.02 Å². The van der Waals surface area contributed by atoms with Gasteiger partial charge < -0.3 is 5.11 Å². The third-order valence-electron chi connectivity index (χ3n) is 2.68. The molecule has 1 aromatic carbocycles. The van der Waals surface area contributed by atoms with E-state index in [1.165, 1.54) is 0 Å². The Balaban J connectivity index is 2.18. The fourth-order valence-corrected chi connectivity index (χ4v) is 2.99. The lowest BCUT2D eigenvalue weighted by Gasteiger charge is -2.06. The van der Waals surface area contributed by atoms with Crippen LogP contribution in [-0.2, 0) is 12.3 Å². The van der Waals surface area contributed by atoms with Crippen molar-refractivity contribution in [2.75, 3.05) is 0 Å². The number of hydrogen-bond acceptors (Lipinski definition) is 3. The molecule has 0 saturated heterocycles. The number of aromatic hydroxyl groups is 1. The van der Waals surface area contributed by atoms with Crippen molar-refractivity contribution in [1.29, 1.82) is 0 Å². The summed E-state index contributed by atoms with van der Waals surface area (Å²) in [6, 6.07) is 7.30. The maximum Gasteiger partial charge on any atom is 0.129 e. The molecule has 0 spiro atoms. The smallest absolute Gasteiger partial charge is 0.129 e. The minimum Gasteiger partial charge on any atom is -0.507 e. The van der Waals surface area contributed by atoms with Gasteiger partial charge in [-0.15, -0.1) is 11.8 Å². The third-order valence-corrected chi connectivity index (χ3v) is 4.25. The SMILES string of the molecule is CCn1nc(C)c(Cl)c1CSc1ccccc1O. The molecule has 0 atom stereocenters. The largest absolute Gasteiger partial charge is 0.507 e. The lowest BCUT2D eigenvalue weighted by atomic mass is 10.3. The Morgan fingerprint density at radius 3 is 2.78 bits per heavy atom. The number of nitrogens with zero attached hydrogens (tertiary/aromatic N) is 2. The molecule has 0 radical (unpaired) electrons. The van der Waals surface area contributed by atoms with Crippen molar-refractivity contribution < 1.29 is 5.11 Å². The summed E-state index contributed by atoms with van der Waals surface area (Å²) in [5, 5.41) is 14.8. The summed E-state index contributed by atoms with van der Waals surface area (Å²) in [6.45, 7) is 4.74. The standard InChI is InChI=1S/C13H15ClN2OS/c1-3-16-10(13(14)9(2)15-16)8-18-12-7-5-4-6-11(12)17/h4-7,17H,3,8H2,1-2H3. The number of phenolic OH excluding ortho intramolecular Hbond substituents is 1. The van der Waals surface area contributed by atoms with Gasteiger partial charge in [-0.1, -0.05) is 23.7 Å². The van der Waals surface area contributed by atoms with Crippen molar-refractivity contribution in [2.24, 2.45) is 0 Å². The van der Waals surface area contributed by atoms with Crippen LogP contribution < -0.4 is 0 Å². The maximum absolute atomic E-state index is 9.71. The number of hydrogen-bond donors (Lipinski definition) is 1. The van der Waals surface area contributed by atoms with E-state index in [1.807, 2.05) is 36.7 Å². The van der Waals surface area contributed by atoms with Crippen molar-refractivity contribution in [3.05, 3.63) is 40.7 Å². The molecule has 1 heterocycles. The Morgan fingerprint density at radius 1 is 1.39 bits per heavy atom. The first-order chi connectivity index (χ1) is 8.63. The van der Waals surface area contributed by atoms with E-state index >= 15 is 0 Å². The molecule has 18 heavy (non-hydrogen) atoms. The van der Waals surface area contributed by atoms with Crippen molar-refractivity contribution >= 4 is 23.4 Å². The fourth-order valence-electron chi connectivity index (χ4n) is 1.73. The first-order valence-corrected chi connectivity index (χ1v) is 7.12. The number of phenols is 1. The Kier molecular flexibility index (Phi) is 4.19. The van der Waals surface area contributed by atoms with Gasteiger partial charge in [0.05, 0.1) is 16.4 Å². The Bertz CT molecular complexity index is 554. The van der Waals surface area contributed by atoms with Gasteiger partial charge >= 0.3 is 0 Å². The van der Waals surface area contributed by atoms with Crippen LogP contribution in [0.4, 0.5) is 0 Å². The van der Waals surface area contributed by atoms with E-state index < -0.39 is 0 Å². The highest BCUT2D eigenvalue weighted by molar-refractivity contribution is 7.98. The van der Waals surface area contributed by atoms with Crippen LogP contribution in [0.25, 0.3) is 0 Å². The molecule has 0 saturated carbocycles. The van der Waals surface area contributed by atoms with Gasteiger partial charge in [-0.25, -0.2) is 0 Å². The van der Waals surface area contributed by atoms with Crippen LogP contribution in [0.5, 0.6) is 5.75 Å². The second-order valence-electron chi connectivity index (χ2n) is 3.92. The average Bonchev–Trinajstić information content (AvgIpc) is 2.65. The van der Waals surface area contributed by atoms with Crippen LogP contribution in [0.3, 0.4) is 0 Å². The number of rotatable bonds is 4. The first kappa shape index (κ1) is 13.3. The number of halogens is 1. The van der Waals surface area contributed by atoms with Crippen molar-refractivity contribution in [1.82, 2.24) is 9.78 Å². The predicted molar refractivity (Wildman–Crippen MR) is 75.3 cm³/mol. The molecule has 0 fully saturated rings. The summed E-state index contributed by atoms with van der Waals surface area (Å²) >= 11 is 7.80. The molecule has 2 rings (SSSR count). The van der Waals surface area contributed by atoms with E-state index in [4.69, 9.17) is 11.6 Å². The molecular weight excluding hydrogens is 268 g/mol. The highest BCUT2D eigenvalue weighted by atomic mass is 35.5. The fraction of sp³-hybridized carbons (Fsp3) is 0.308. The zero-order valence-corrected chi connectivity index (χ0v) is 11.9. The number of benzene rings is 1. The number of para-hydroxylation sites is 1. The molecule has 0 aliphatic rings. The van der Waals surface area contributed by atoms with E-state index in [0.717, 1.165) is 27.9 Å². The zero-order valence-electron chi connectivity index (χ0n) is 10.4. The lowest BCUT2D eigenvalue weighted by molar-refractivity contribution is 0.462. The molecular formula is C13H15ClN2OS. The van der Waals surface area contributed by atoms with Crippen molar-refractivity contribution in [3.8, 4) is 5.75 Å². The van der Waals surface area contributed by atoms with Gasteiger partial charge in [-0.05, 0) is 26.0 Å². The number of aromatic nitrogens is 2. The molecule has 0 aliphatic heterocycles. The summed E-state index contributed by atoms with van der Waals surface area (Å²) in [6.07, 6.45) is 0. The van der Waals surface area contributed by atoms with E-state index in [2.05, 4.69) is 5.10 Å². The maximum atomic E-state index is 9.71. The van der Waals surface area contributed by atoms with Gasteiger partial charge in [0, 0.05) is 17.2 Å². The summed E-state index contributed by atoms with van der Waals surface area (Å²) in [5.74, 6) is 1.00. The van der Waals surface area contributed by atoms with Crippen LogP contribution in [0.15, 0.2) is 29.2 Å². The first-order valence-electron chi connectivity index (χ1n) is 5.76. The van der Waals surface area contributed by atoms with Crippen LogP contribution in [-0.4, -0.2) is 14.9 Å². The molecule has 0 bridgehead atoms. The minimum atomic E-state index is 0.304.